The maximum absolute atomic E-state index is 3.64. The molecule has 0 aromatic carbocycles. The zero-order valence-corrected chi connectivity index (χ0v) is 13.3. The molecule has 2 nitrogen and oxygen atoms in total. The lowest BCUT2D eigenvalue weighted by Gasteiger charge is -2.36. The Labute approximate surface area is 115 Å². The van der Waals surface area contributed by atoms with Crippen molar-refractivity contribution in [2.45, 2.75) is 66.3 Å². The first-order valence-electron chi connectivity index (χ1n) is 7.95. The van der Waals surface area contributed by atoms with E-state index in [0.29, 0.717) is 11.5 Å². The van der Waals surface area contributed by atoms with Crippen molar-refractivity contribution in [3.63, 3.8) is 0 Å². The Balaban J connectivity index is 2.45. The molecule has 0 aliphatic heterocycles. The molecule has 1 aliphatic rings. The smallest absolute Gasteiger partial charge is 0.00475 e. The zero-order valence-electron chi connectivity index (χ0n) is 13.3. The van der Waals surface area contributed by atoms with Gasteiger partial charge in [-0.2, -0.15) is 0 Å². The maximum Gasteiger partial charge on any atom is 0.00475 e. The standard InChI is InChI=1S/C16H34N2/c1-6-10-16(5,12-17-14(3)4)13-18(7-2)11-15-8-9-15/h14-15,17H,6-13H2,1-5H3. The van der Waals surface area contributed by atoms with Gasteiger partial charge < -0.3 is 10.2 Å². The molecular formula is C16H34N2. The largest absolute Gasteiger partial charge is 0.314 e. The topological polar surface area (TPSA) is 15.3 Å². The zero-order chi connectivity index (χ0) is 13.6. The lowest BCUT2D eigenvalue weighted by Crippen LogP contribution is -2.44. The molecule has 2 heteroatoms. The summed E-state index contributed by atoms with van der Waals surface area (Å²) in [6.07, 6.45) is 5.54. The minimum atomic E-state index is 0.434. The molecule has 0 aromatic heterocycles. The molecule has 0 radical (unpaired) electrons. The van der Waals surface area contributed by atoms with Gasteiger partial charge in [-0.25, -0.2) is 0 Å². The average molecular weight is 254 g/mol. The molecule has 1 atom stereocenters. The summed E-state index contributed by atoms with van der Waals surface area (Å²) in [6, 6.07) is 0.597. The highest BCUT2D eigenvalue weighted by atomic mass is 15.1. The molecule has 0 amide bonds. The van der Waals surface area contributed by atoms with E-state index in [9.17, 15) is 0 Å². The van der Waals surface area contributed by atoms with Crippen LogP contribution in [0.1, 0.15) is 60.3 Å². The Kier molecular flexibility index (Phi) is 6.65. The summed E-state index contributed by atoms with van der Waals surface area (Å²) in [5.74, 6) is 1.01. The normalized spacial score (nSPS) is 19.5. The highest BCUT2D eigenvalue weighted by Gasteiger charge is 2.29. The Hall–Kier alpha value is -0.0800. The van der Waals surface area contributed by atoms with Crippen LogP contribution in [0.3, 0.4) is 0 Å². The summed E-state index contributed by atoms with van der Waals surface area (Å²) in [6.45, 7) is 16.5. The van der Waals surface area contributed by atoms with Crippen molar-refractivity contribution in [1.82, 2.24) is 10.2 Å². The van der Waals surface area contributed by atoms with E-state index in [0.717, 1.165) is 12.5 Å². The second-order valence-electron chi connectivity index (χ2n) is 6.87. The Bertz CT molecular complexity index is 223. The molecule has 1 saturated carbocycles. The molecular weight excluding hydrogens is 220 g/mol. The van der Waals surface area contributed by atoms with Gasteiger partial charge in [0.05, 0.1) is 0 Å². The average Bonchev–Trinajstić information content (AvgIpc) is 3.10. The van der Waals surface area contributed by atoms with Crippen molar-refractivity contribution < 1.29 is 0 Å². The van der Waals surface area contributed by atoms with E-state index in [2.05, 4.69) is 44.8 Å². The summed E-state index contributed by atoms with van der Waals surface area (Å²) < 4.78 is 0. The molecule has 0 aromatic rings. The fourth-order valence-corrected chi connectivity index (χ4v) is 2.79. The summed E-state index contributed by atoms with van der Waals surface area (Å²) in [7, 11) is 0. The number of hydrogen-bond acceptors (Lipinski definition) is 2. The second kappa shape index (κ2) is 7.49. The highest BCUT2D eigenvalue weighted by Crippen LogP contribution is 2.31. The van der Waals surface area contributed by atoms with E-state index in [1.807, 2.05) is 0 Å². The van der Waals surface area contributed by atoms with Crippen LogP contribution in [0, 0.1) is 11.3 Å². The number of nitrogens with zero attached hydrogens (tertiary/aromatic N) is 1. The van der Waals surface area contributed by atoms with Crippen LogP contribution in [0.15, 0.2) is 0 Å². The molecule has 1 fully saturated rings. The monoisotopic (exact) mass is 254 g/mol. The van der Waals surface area contributed by atoms with Crippen LogP contribution < -0.4 is 5.32 Å². The van der Waals surface area contributed by atoms with Crippen molar-refractivity contribution in [2.75, 3.05) is 26.2 Å². The quantitative estimate of drug-likeness (QED) is 0.641. The van der Waals surface area contributed by atoms with E-state index in [1.54, 1.807) is 0 Å². The van der Waals surface area contributed by atoms with Crippen LogP contribution in [-0.2, 0) is 0 Å². The minimum absolute atomic E-state index is 0.434. The van der Waals surface area contributed by atoms with Gasteiger partial charge in [-0.05, 0) is 37.1 Å². The highest BCUT2D eigenvalue weighted by molar-refractivity contribution is 4.84. The minimum Gasteiger partial charge on any atom is -0.314 e. The van der Waals surface area contributed by atoms with Crippen molar-refractivity contribution in [1.29, 1.82) is 0 Å². The number of nitrogens with one attached hydrogen (secondary N) is 1. The molecule has 0 saturated heterocycles. The van der Waals surface area contributed by atoms with Crippen LogP contribution in [0.5, 0.6) is 0 Å². The SMILES string of the molecule is CCCC(C)(CNC(C)C)CN(CC)CC1CC1. The van der Waals surface area contributed by atoms with E-state index >= 15 is 0 Å². The van der Waals surface area contributed by atoms with Gasteiger partial charge in [-0.15, -0.1) is 0 Å². The van der Waals surface area contributed by atoms with Gasteiger partial charge in [-0.1, -0.05) is 41.0 Å². The van der Waals surface area contributed by atoms with Gasteiger partial charge in [-0.3, -0.25) is 0 Å². The first-order chi connectivity index (χ1) is 8.49. The van der Waals surface area contributed by atoms with Crippen LogP contribution >= 0.6 is 0 Å². The Morgan fingerprint density at radius 2 is 1.94 bits per heavy atom. The number of hydrogen-bond donors (Lipinski definition) is 1. The predicted octanol–water partition coefficient (Wildman–Crippen LogP) is 3.52. The summed E-state index contributed by atoms with van der Waals surface area (Å²) in [5.41, 5.74) is 0.434. The molecule has 108 valence electrons. The van der Waals surface area contributed by atoms with Gasteiger partial charge in [0.2, 0.25) is 0 Å². The predicted molar refractivity (Wildman–Crippen MR) is 81.0 cm³/mol. The first kappa shape index (κ1) is 16.0. The summed E-state index contributed by atoms with van der Waals surface area (Å²) >= 11 is 0. The molecule has 18 heavy (non-hydrogen) atoms. The van der Waals surface area contributed by atoms with E-state index in [-0.39, 0.29) is 0 Å². The van der Waals surface area contributed by atoms with Gasteiger partial charge in [0.25, 0.3) is 0 Å². The molecule has 1 aliphatic carbocycles. The summed E-state index contributed by atoms with van der Waals surface area (Å²) in [4.78, 5) is 2.68. The molecule has 1 N–H and O–H groups in total. The van der Waals surface area contributed by atoms with Crippen molar-refractivity contribution in [2.24, 2.45) is 11.3 Å². The Morgan fingerprint density at radius 1 is 1.28 bits per heavy atom. The Morgan fingerprint density at radius 3 is 2.39 bits per heavy atom. The molecule has 1 rings (SSSR count). The van der Waals surface area contributed by atoms with Gasteiger partial charge in [0, 0.05) is 25.7 Å². The fourth-order valence-electron chi connectivity index (χ4n) is 2.79. The third-order valence-electron chi connectivity index (χ3n) is 4.06. The van der Waals surface area contributed by atoms with Crippen molar-refractivity contribution in [3.8, 4) is 0 Å². The van der Waals surface area contributed by atoms with Crippen molar-refractivity contribution >= 4 is 0 Å². The van der Waals surface area contributed by atoms with Gasteiger partial charge >= 0.3 is 0 Å². The van der Waals surface area contributed by atoms with Crippen molar-refractivity contribution in [3.05, 3.63) is 0 Å². The third-order valence-corrected chi connectivity index (χ3v) is 4.06. The summed E-state index contributed by atoms with van der Waals surface area (Å²) in [5, 5.41) is 3.64. The fraction of sp³-hybridized carbons (Fsp3) is 1.00. The molecule has 0 heterocycles. The van der Waals surface area contributed by atoms with E-state index in [4.69, 9.17) is 0 Å². The second-order valence-corrected chi connectivity index (χ2v) is 6.87. The number of rotatable bonds is 10. The lowest BCUT2D eigenvalue weighted by atomic mass is 9.84. The van der Waals surface area contributed by atoms with Gasteiger partial charge in [0.1, 0.15) is 0 Å². The van der Waals surface area contributed by atoms with Crippen LogP contribution in [0.4, 0.5) is 0 Å². The van der Waals surface area contributed by atoms with Gasteiger partial charge in [0.15, 0.2) is 0 Å². The van der Waals surface area contributed by atoms with E-state index < -0.39 is 0 Å². The van der Waals surface area contributed by atoms with Crippen LogP contribution in [0.2, 0.25) is 0 Å². The molecule has 1 unspecified atom stereocenters. The van der Waals surface area contributed by atoms with Crippen LogP contribution in [-0.4, -0.2) is 37.1 Å². The lowest BCUT2D eigenvalue weighted by molar-refractivity contribution is 0.147. The third kappa shape index (κ3) is 6.19. The van der Waals surface area contributed by atoms with E-state index in [1.165, 1.54) is 45.3 Å². The maximum atomic E-state index is 3.64. The molecule has 0 bridgehead atoms. The molecule has 0 spiro atoms. The first-order valence-corrected chi connectivity index (χ1v) is 7.95. The van der Waals surface area contributed by atoms with Crippen LogP contribution in [0.25, 0.3) is 0 Å².